The molecule has 0 atom stereocenters. The molecule has 0 aliphatic carbocycles. The maximum Gasteiger partial charge on any atom is 0.240 e. The highest BCUT2D eigenvalue weighted by molar-refractivity contribution is 5.93. The molecule has 3 aromatic rings. The van der Waals surface area contributed by atoms with E-state index in [4.69, 9.17) is 5.73 Å². The predicted octanol–water partition coefficient (Wildman–Crippen LogP) is 1.80. The number of hydrogen-bond donors (Lipinski definition) is 2. The number of halogens is 1. The van der Waals surface area contributed by atoms with Crippen molar-refractivity contribution in [2.45, 2.75) is 12.8 Å². The van der Waals surface area contributed by atoms with Gasteiger partial charge in [0.05, 0.1) is 5.69 Å². The number of hydrogen-bond acceptors (Lipinski definition) is 6. The van der Waals surface area contributed by atoms with E-state index >= 15 is 0 Å². The summed E-state index contributed by atoms with van der Waals surface area (Å²) in [7, 11) is 0. The standard InChI is InChI=1S/C17H14FN7O/c18-12-4-2-1-3-10(12)16-11(13-7-8-20-17(19)21-13)9-25(24-16)14-5-6-15(26)23-22-14/h1-4,7-9H,5-6H2,(H,23,26)(H2,19,20,21). The molecule has 0 spiro atoms. The van der Waals surface area contributed by atoms with Gasteiger partial charge in [-0.1, -0.05) is 12.1 Å². The van der Waals surface area contributed by atoms with Crippen molar-refractivity contribution in [2.75, 3.05) is 5.73 Å². The number of carbonyl (C=O) groups excluding carboxylic acids is 1. The number of nitrogens with zero attached hydrogens (tertiary/aromatic N) is 5. The van der Waals surface area contributed by atoms with Crippen molar-refractivity contribution >= 4 is 17.7 Å². The topological polar surface area (TPSA) is 111 Å². The van der Waals surface area contributed by atoms with E-state index in [1.54, 1.807) is 30.5 Å². The normalized spacial score (nSPS) is 14.0. The van der Waals surface area contributed by atoms with Gasteiger partial charge in [-0.2, -0.15) is 10.2 Å². The van der Waals surface area contributed by atoms with Gasteiger partial charge in [-0.3, -0.25) is 4.79 Å². The molecule has 1 aliphatic rings. The van der Waals surface area contributed by atoms with Crippen LogP contribution < -0.4 is 11.2 Å². The molecule has 1 aliphatic heterocycles. The van der Waals surface area contributed by atoms with Gasteiger partial charge in [0.25, 0.3) is 0 Å². The van der Waals surface area contributed by atoms with E-state index in [0.717, 1.165) is 0 Å². The van der Waals surface area contributed by atoms with E-state index in [1.807, 2.05) is 0 Å². The highest BCUT2D eigenvalue weighted by Crippen LogP contribution is 2.31. The average Bonchev–Trinajstić information content (AvgIpc) is 3.08. The summed E-state index contributed by atoms with van der Waals surface area (Å²) in [4.78, 5) is 19.4. The van der Waals surface area contributed by atoms with Gasteiger partial charge in [-0.15, -0.1) is 0 Å². The number of nitrogens with two attached hydrogens (primary N) is 1. The smallest absolute Gasteiger partial charge is 0.240 e. The van der Waals surface area contributed by atoms with Crippen molar-refractivity contribution in [3.8, 4) is 22.5 Å². The number of hydrazone groups is 1. The first kappa shape index (κ1) is 15.9. The lowest BCUT2D eigenvalue weighted by atomic mass is 10.1. The van der Waals surface area contributed by atoms with Crippen LogP contribution >= 0.6 is 0 Å². The van der Waals surface area contributed by atoms with Crippen LogP contribution in [0.5, 0.6) is 0 Å². The fourth-order valence-electron chi connectivity index (χ4n) is 2.70. The van der Waals surface area contributed by atoms with Crippen LogP contribution in [0.4, 0.5) is 10.3 Å². The van der Waals surface area contributed by atoms with Crippen LogP contribution in [0, 0.1) is 5.82 Å². The van der Waals surface area contributed by atoms with Crippen molar-refractivity contribution in [1.29, 1.82) is 0 Å². The quantitative estimate of drug-likeness (QED) is 0.731. The van der Waals surface area contributed by atoms with Crippen LogP contribution in [-0.4, -0.2) is 31.5 Å². The Morgan fingerprint density at radius 1 is 1.15 bits per heavy atom. The third-order valence-corrected chi connectivity index (χ3v) is 3.94. The molecule has 0 saturated carbocycles. The minimum Gasteiger partial charge on any atom is -0.368 e. The second-order valence-corrected chi connectivity index (χ2v) is 5.68. The monoisotopic (exact) mass is 351 g/mol. The molecule has 26 heavy (non-hydrogen) atoms. The molecule has 1 aromatic carbocycles. The Labute approximate surface area is 147 Å². The Hall–Kier alpha value is -3.62. The van der Waals surface area contributed by atoms with Gasteiger partial charge in [0.1, 0.15) is 11.5 Å². The van der Waals surface area contributed by atoms with Crippen molar-refractivity contribution in [3.05, 3.63) is 48.5 Å². The van der Waals surface area contributed by atoms with Crippen molar-refractivity contribution in [3.63, 3.8) is 0 Å². The summed E-state index contributed by atoms with van der Waals surface area (Å²) >= 11 is 0. The summed E-state index contributed by atoms with van der Waals surface area (Å²) in [5.41, 5.74) is 9.95. The highest BCUT2D eigenvalue weighted by Gasteiger charge is 2.21. The molecule has 3 N–H and O–H groups in total. The number of benzene rings is 1. The molecule has 3 heterocycles. The summed E-state index contributed by atoms with van der Waals surface area (Å²) in [6.07, 6.45) is 3.96. The zero-order chi connectivity index (χ0) is 18.1. The van der Waals surface area contributed by atoms with Crippen LogP contribution in [0.3, 0.4) is 0 Å². The lowest BCUT2D eigenvalue weighted by Crippen LogP contribution is -2.29. The van der Waals surface area contributed by atoms with Crippen LogP contribution in [0.1, 0.15) is 12.8 Å². The second kappa shape index (κ2) is 6.36. The number of carbonyl (C=O) groups is 1. The van der Waals surface area contributed by atoms with Crippen LogP contribution in [0.15, 0.2) is 47.8 Å². The van der Waals surface area contributed by atoms with Crippen molar-refractivity contribution in [2.24, 2.45) is 5.10 Å². The van der Waals surface area contributed by atoms with Crippen LogP contribution in [-0.2, 0) is 4.79 Å². The van der Waals surface area contributed by atoms with E-state index in [-0.39, 0.29) is 11.9 Å². The van der Waals surface area contributed by atoms with Crippen molar-refractivity contribution < 1.29 is 9.18 Å². The van der Waals surface area contributed by atoms with Gasteiger partial charge in [-0.25, -0.2) is 24.5 Å². The van der Waals surface area contributed by atoms with Crippen molar-refractivity contribution in [1.82, 2.24) is 25.2 Å². The van der Waals surface area contributed by atoms with Gasteiger partial charge in [-0.05, 0) is 18.2 Å². The van der Waals surface area contributed by atoms with Crippen LogP contribution in [0.2, 0.25) is 0 Å². The summed E-state index contributed by atoms with van der Waals surface area (Å²) < 4.78 is 15.9. The fourth-order valence-corrected chi connectivity index (χ4v) is 2.70. The van der Waals surface area contributed by atoms with E-state index in [2.05, 4.69) is 25.6 Å². The maximum absolute atomic E-state index is 14.4. The van der Waals surface area contributed by atoms with Gasteiger partial charge in [0, 0.05) is 36.4 Å². The summed E-state index contributed by atoms with van der Waals surface area (Å²) in [6.45, 7) is 0. The Kier molecular flexibility index (Phi) is 3.88. The van der Waals surface area contributed by atoms with E-state index < -0.39 is 5.82 Å². The molecular weight excluding hydrogens is 337 g/mol. The number of amides is 1. The SMILES string of the molecule is Nc1nccc(-c2cn(C3=NNC(=O)CC3)nc2-c2ccccc2F)n1. The molecule has 0 saturated heterocycles. The Morgan fingerprint density at radius 2 is 2.00 bits per heavy atom. The summed E-state index contributed by atoms with van der Waals surface area (Å²) in [5, 5.41) is 8.52. The predicted molar refractivity (Wildman–Crippen MR) is 93.3 cm³/mol. The molecule has 0 bridgehead atoms. The van der Waals surface area contributed by atoms with E-state index in [1.165, 1.54) is 16.9 Å². The zero-order valence-corrected chi connectivity index (χ0v) is 13.6. The average molecular weight is 351 g/mol. The number of nitrogen functional groups attached to an aromatic ring is 1. The molecule has 0 radical (unpaired) electrons. The lowest BCUT2D eigenvalue weighted by molar-refractivity contribution is -0.121. The maximum atomic E-state index is 14.4. The lowest BCUT2D eigenvalue weighted by Gasteiger charge is -2.11. The number of nitrogens with one attached hydrogen (secondary N) is 1. The molecule has 8 nitrogen and oxygen atoms in total. The van der Waals surface area contributed by atoms with E-state index in [0.29, 0.717) is 41.2 Å². The Balaban J connectivity index is 1.88. The first-order chi connectivity index (χ1) is 12.6. The molecule has 9 heteroatoms. The molecule has 1 amide bonds. The van der Waals surface area contributed by atoms with Gasteiger partial charge < -0.3 is 5.73 Å². The van der Waals surface area contributed by atoms with Gasteiger partial charge >= 0.3 is 0 Å². The minimum atomic E-state index is -0.403. The molecule has 4 rings (SSSR count). The Bertz CT molecular complexity index is 1030. The summed E-state index contributed by atoms with van der Waals surface area (Å²) in [6, 6.07) is 8.02. The minimum absolute atomic E-state index is 0.108. The molecular formula is C17H14FN7O. The molecule has 130 valence electrons. The second-order valence-electron chi connectivity index (χ2n) is 5.68. The van der Waals surface area contributed by atoms with Gasteiger partial charge in [0.2, 0.25) is 11.9 Å². The molecule has 0 unspecified atom stereocenters. The zero-order valence-electron chi connectivity index (χ0n) is 13.6. The first-order valence-corrected chi connectivity index (χ1v) is 7.91. The third-order valence-electron chi connectivity index (χ3n) is 3.94. The largest absolute Gasteiger partial charge is 0.368 e. The van der Waals surface area contributed by atoms with Gasteiger partial charge in [0.15, 0.2) is 5.84 Å². The Morgan fingerprint density at radius 3 is 2.73 bits per heavy atom. The first-order valence-electron chi connectivity index (χ1n) is 7.91. The molecule has 0 fully saturated rings. The summed E-state index contributed by atoms with van der Waals surface area (Å²) in [5.74, 6) is 0.103. The van der Waals surface area contributed by atoms with E-state index in [9.17, 15) is 9.18 Å². The number of aromatic nitrogens is 4. The number of anilines is 1. The highest BCUT2D eigenvalue weighted by atomic mass is 19.1. The number of rotatable bonds is 2. The molecule has 2 aromatic heterocycles. The fraction of sp³-hybridized carbons (Fsp3) is 0.118. The van der Waals surface area contributed by atoms with Crippen LogP contribution in [0.25, 0.3) is 22.5 Å². The third kappa shape index (κ3) is 2.90.